The van der Waals surface area contributed by atoms with E-state index in [0.717, 1.165) is 16.5 Å². The Hall–Kier alpha value is -1.28. The van der Waals surface area contributed by atoms with E-state index in [0.29, 0.717) is 0 Å². The van der Waals surface area contributed by atoms with Gasteiger partial charge in [-0.15, -0.1) is 11.8 Å². The predicted octanol–water partition coefficient (Wildman–Crippen LogP) is 3.86. The molecule has 1 nitrogen and oxygen atoms in total. The van der Waals surface area contributed by atoms with Gasteiger partial charge in [-0.3, -0.25) is 0 Å². The smallest absolute Gasteiger partial charge is 0.0967 e. The van der Waals surface area contributed by atoms with E-state index in [1.807, 2.05) is 18.2 Å². The fraction of sp³-hybridized carbons (Fsp3) is 0.154. The van der Waals surface area contributed by atoms with Gasteiger partial charge in [0.25, 0.3) is 0 Å². The molecule has 0 bridgehead atoms. The Morgan fingerprint density at radius 1 is 1.00 bits per heavy atom. The molecule has 0 aliphatic heterocycles. The number of pyridine rings is 1. The lowest BCUT2D eigenvalue weighted by Crippen LogP contribution is -1.85. The Balaban J connectivity index is 2.33. The van der Waals surface area contributed by atoms with E-state index < -0.39 is 0 Å². The van der Waals surface area contributed by atoms with E-state index in [-0.39, 0.29) is 0 Å². The third-order valence-corrected chi connectivity index (χ3v) is 2.90. The Labute approximate surface area is 94.6 Å². The first-order valence-corrected chi connectivity index (χ1v) is 6.04. The second-order valence-corrected chi connectivity index (χ2v) is 4.44. The van der Waals surface area contributed by atoms with Crippen LogP contribution in [0.3, 0.4) is 0 Å². The molecule has 0 N–H and O–H groups in total. The summed E-state index contributed by atoms with van der Waals surface area (Å²) in [5.41, 5.74) is 2.23. The molecule has 0 atom stereocenters. The van der Waals surface area contributed by atoms with Crippen molar-refractivity contribution < 1.29 is 0 Å². The highest BCUT2D eigenvalue weighted by Crippen LogP contribution is 2.21. The van der Waals surface area contributed by atoms with E-state index in [1.54, 1.807) is 11.8 Å². The second kappa shape index (κ2) is 4.99. The lowest BCUT2D eigenvalue weighted by molar-refractivity contribution is 1.14. The van der Waals surface area contributed by atoms with Crippen molar-refractivity contribution in [2.45, 2.75) is 11.9 Å². The third-order valence-electron chi connectivity index (χ3n) is 2.09. The van der Waals surface area contributed by atoms with Gasteiger partial charge in [0.05, 0.1) is 10.7 Å². The molecule has 1 aromatic heterocycles. The third kappa shape index (κ3) is 2.60. The number of hydrogen-bond donors (Lipinski definition) is 0. The minimum absolute atomic E-state index is 1.05. The van der Waals surface area contributed by atoms with Gasteiger partial charge in [-0.05, 0) is 17.9 Å². The number of rotatable bonds is 3. The van der Waals surface area contributed by atoms with Gasteiger partial charge >= 0.3 is 0 Å². The molecule has 0 spiro atoms. The normalized spacial score (nSPS) is 10.2. The molecule has 0 aliphatic carbocycles. The molecule has 2 rings (SSSR count). The highest BCUT2D eigenvalue weighted by molar-refractivity contribution is 7.99. The summed E-state index contributed by atoms with van der Waals surface area (Å²) >= 11 is 1.77. The van der Waals surface area contributed by atoms with Crippen molar-refractivity contribution in [3.8, 4) is 11.3 Å². The summed E-state index contributed by atoms with van der Waals surface area (Å²) in [6.45, 7) is 2.14. The summed E-state index contributed by atoms with van der Waals surface area (Å²) in [5, 5.41) is 1.10. The Morgan fingerprint density at radius 3 is 2.53 bits per heavy atom. The summed E-state index contributed by atoms with van der Waals surface area (Å²) in [4.78, 5) is 4.60. The zero-order valence-electron chi connectivity index (χ0n) is 8.68. The van der Waals surface area contributed by atoms with Crippen LogP contribution in [0.15, 0.2) is 53.6 Å². The molecule has 2 heteroatoms. The first kappa shape index (κ1) is 10.2. The Kier molecular flexibility index (Phi) is 3.41. The minimum atomic E-state index is 1.05. The fourth-order valence-electron chi connectivity index (χ4n) is 1.41. The fourth-order valence-corrected chi connectivity index (χ4v) is 2.05. The predicted molar refractivity (Wildman–Crippen MR) is 66.1 cm³/mol. The van der Waals surface area contributed by atoms with Gasteiger partial charge in [0.1, 0.15) is 0 Å². The SMILES string of the molecule is CCSc1cccc(-c2ccccc2)n1. The van der Waals surface area contributed by atoms with Gasteiger partial charge in [-0.25, -0.2) is 4.98 Å². The van der Waals surface area contributed by atoms with E-state index in [2.05, 4.69) is 42.2 Å². The molecule has 0 fully saturated rings. The molecule has 0 saturated heterocycles. The topological polar surface area (TPSA) is 12.9 Å². The molecule has 0 saturated carbocycles. The van der Waals surface area contributed by atoms with Crippen LogP contribution in [0.25, 0.3) is 11.3 Å². The first-order chi connectivity index (χ1) is 7.40. The summed E-state index contributed by atoms with van der Waals surface area (Å²) in [7, 11) is 0. The summed E-state index contributed by atoms with van der Waals surface area (Å²) in [6, 6.07) is 16.4. The molecular formula is C13H13NS. The molecular weight excluding hydrogens is 202 g/mol. The average Bonchev–Trinajstić information content (AvgIpc) is 2.31. The summed E-state index contributed by atoms with van der Waals surface area (Å²) in [6.07, 6.45) is 0. The van der Waals surface area contributed by atoms with Crippen LogP contribution in [0.2, 0.25) is 0 Å². The van der Waals surface area contributed by atoms with Crippen molar-refractivity contribution >= 4 is 11.8 Å². The maximum absolute atomic E-state index is 4.60. The first-order valence-electron chi connectivity index (χ1n) is 5.05. The largest absolute Gasteiger partial charge is 0.241 e. The summed E-state index contributed by atoms with van der Waals surface area (Å²) in [5.74, 6) is 1.06. The highest BCUT2D eigenvalue weighted by Gasteiger charge is 1.99. The number of aromatic nitrogens is 1. The molecule has 1 heterocycles. The number of hydrogen-bond acceptors (Lipinski definition) is 2. The molecule has 0 radical (unpaired) electrons. The number of nitrogens with zero attached hydrogens (tertiary/aromatic N) is 1. The zero-order chi connectivity index (χ0) is 10.5. The lowest BCUT2D eigenvalue weighted by Gasteiger charge is -2.02. The standard InChI is InChI=1S/C13H13NS/c1-2-15-13-10-6-9-12(14-13)11-7-4-3-5-8-11/h3-10H,2H2,1H3. The van der Waals surface area contributed by atoms with Crippen LogP contribution < -0.4 is 0 Å². The number of benzene rings is 1. The van der Waals surface area contributed by atoms with Crippen molar-refractivity contribution in [1.29, 1.82) is 0 Å². The van der Waals surface area contributed by atoms with Gasteiger partial charge in [0, 0.05) is 5.56 Å². The van der Waals surface area contributed by atoms with Gasteiger partial charge in [0.2, 0.25) is 0 Å². The minimum Gasteiger partial charge on any atom is -0.241 e. The van der Waals surface area contributed by atoms with Crippen molar-refractivity contribution in [3.05, 3.63) is 48.5 Å². The maximum Gasteiger partial charge on any atom is 0.0967 e. The quantitative estimate of drug-likeness (QED) is 0.721. The molecule has 1 aromatic carbocycles. The molecule has 0 unspecified atom stereocenters. The van der Waals surface area contributed by atoms with E-state index in [9.17, 15) is 0 Å². The van der Waals surface area contributed by atoms with E-state index in [4.69, 9.17) is 0 Å². The van der Waals surface area contributed by atoms with Crippen LogP contribution in [0.4, 0.5) is 0 Å². The Morgan fingerprint density at radius 2 is 1.80 bits per heavy atom. The van der Waals surface area contributed by atoms with Crippen LogP contribution in [0.1, 0.15) is 6.92 Å². The molecule has 0 amide bonds. The highest BCUT2D eigenvalue weighted by atomic mass is 32.2. The van der Waals surface area contributed by atoms with Crippen LogP contribution in [0, 0.1) is 0 Å². The van der Waals surface area contributed by atoms with Gasteiger partial charge in [-0.2, -0.15) is 0 Å². The van der Waals surface area contributed by atoms with Crippen LogP contribution in [0.5, 0.6) is 0 Å². The molecule has 0 aliphatic rings. The number of thioether (sulfide) groups is 1. The van der Waals surface area contributed by atoms with Gasteiger partial charge in [-0.1, -0.05) is 43.3 Å². The summed E-state index contributed by atoms with van der Waals surface area (Å²) < 4.78 is 0. The zero-order valence-corrected chi connectivity index (χ0v) is 9.50. The van der Waals surface area contributed by atoms with Crippen molar-refractivity contribution in [2.75, 3.05) is 5.75 Å². The van der Waals surface area contributed by atoms with Crippen LogP contribution in [-0.4, -0.2) is 10.7 Å². The Bertz CT molecular complexity index is 426. The van der Waals surface area contributed by atoms with E-state index in [1.165, 1.54) is 5.56 Å². The maximum atomic E-state index is 4.60. The van der Waals surface area contributed by atoms with Crippen LogP contribution in [-0.2, 0) is 0 Å². The molecule has 2 aromatic rings. The van der Waals surface area contributed by atoms with Crippen LogP contribution >= 0.6 is 11.8 Å². The van der Waals surface area contributed by atoms with Crippen molar-refractivity contribution in [1.82, 2.24) is 4.98 Å². The molecule has 15 heavy (non-hydrogen) atoms. The van der Waals surface area contributed by atoms with Crippen molar-refractivity contribution in [3.63, 3.8) is 0 Å². The van der Waals surface area contributed by atoms with Gasteiger partial charge in [0.15, 0.2) is 0 Å². The second-order valence-electron chi connectivity index (χ2n) is 3.16. The van der Waals surface area contributed by atoms with Crippen molar-refractivity contribution in [2.24, 2.45) is 0 Å². The van der Waals surface area contributed by atoms with Gasteiger partial charge < -0.3 is 0 Å². The molecule has 76 valence electrons. The monoisotopic (exact) mass is 215 g/mol. The average molecular weight is 215 g/mol. The van der Waals surface area contributed by atoms with E-state index >= 15 is 0 Å². The lowest BCUT2D eigenvalue weighted by atomic mass is 10.1.